The third kappa shape index (κ3) is 2.62. The second-order valence-electron chi connectivity index (χ2n) is 5.98. The molecule has 0 amide bonds. The number of halogens is 2. The first-order chi connectivity index (χ1) is 10.8. The van der Waals surface area contributed by atoms with Crippen molar-refractivity contribution in [2.24, 2.45) is 0 Å². The molecule has 23 heavy (non-hydrogen) atoms. The second kappa shape index (κ2) is 5.80. The number of hydrogen-bond donors (Lipinski definition) is 1. The second-order valence-corrected chi connectivity index (χ2v) is 6.83. The summed E-state index contributed by atoms with van der Waals surface area (Å²) in [7, 11) is 0. The van der Waals surface area contributed by atoms with Gasteiger partial charge in [0.2, 0.25) is 5.71 Å². The molecule has 0 saturated heterocycles. The Kier molecular flexibility index (Phi) is 4.10. The first-order valence-electron chi connectivity index (χ1n) is 7.16. The van der Waals surface area contributed by atoms with Gasteiger partial charge in [0.1, 0.15) is 5.54 Å². The van der Waals surface area contributed by atoms with Gasteiger partial charge >= 0.3 is 0 Å². The molecule has 2 aromatic carbocycles. The molecule has 3 rings (SSSR count). The Hall–Kier alpha value is -1.59. The van der Waals surface area contributed by atoms with Crippen molar-refractivity contribution in [3.63, 3.8) is 0 Å². The lowest BCUT2D eigenvalue weighted by Gasteiger charge is -2.26. The highest BCUT2D eigenvalue weighted by Crippen LogP contribution is 2.39. The van der Waals surface area contributed by atoms with E-state index in [4.69, 9.17) is 23.2 Å². The maximum atomic E-state index is 13.0. The van der Waals surface area contributed by atoms with E-state index in [1.54, 1.807) is 32.0 Å². The zero-order chi connectivity index (χ0) is 16.8. The number of hydroxylamine groups is 3. The highest BCUT2D eigenvalue weighted by Gasteiger charge is 2.53. The maximum Gasteiger partial charge on any atom is 0.269 e. The minimum Gasteiger partial charge on any atom is -0.622 e. The van der Waals surface area contributed by atoms with Gasteiger partial charge in [-0.15, -0.1) is 5.06 Å². The smallest absolute Gasteiger partial charge is 0.269 e. The zero-order valence-corrected chi connectivity index (χ0v) is 14.2. The molecule has 4 nitrogen and oxygen atoms in total. The molecule has 1 unspecified atom stereocenters. The van der Waals surface area contributed by atoms with E-state index < -0.39 is 11.7 Å². The average molecular weight is 351 g/mol. The zero-order valence-electron chi connectivity index (χ0n) is 12.7. The van der Waals surface area contributed by atoms with E-state index in [1.807, 2.05) is 30.3 Å². The normalized spacial score (nSPS) is 21.0. The van der Waals surface area contributed by atoms with Crippen molar-refractivity contribution in [1.82, 2.24) is 5.06 Å². The lowest BCUT2D eigenvalue weighted by atomic mass is 9.93. The van der Waals surface area contributed by atoms with E-state index in [9.17, 15) is 10.4 Å². The molecule has 1 aliphatic heterocycles. The molecule has 1 atom stereocenters. The summed E-state index contributed by atoms with van der Waals surface area (Å²) in [5.41, 5.74) is 0.889. The topological polar surface area (TPSA) is 49.5 Å². The van der Waals surface area contributed by atoms with Gasteiger partial charge in [-0.3, -0.25) is 0 Å². The summed E-state index contributed by atoms with van der Waals surface area (Å²) in [5, 5.41) is 25.5. The highest BCUT2D eigenvalue weighted by molar-refractivity contribution is 6.35. The van der Waals surface area contributed by atoms with Gasteiger partial charge in [0.15, 0.2) is 0 Å². The summed E-state index contributed by atoms with van der Waals surface area (Å²) in [6.45, 7) is 3.59. The Balaban J connectivity index is 2.17. The molecular weight excluding hydrogens is 335 g/mol. The summed E-state index contributed by atoms with van der Waals surface area (Å²) in [6, 6.07) is 14.2. The Labute approximate surface area is 144 Å². The fourth-order valence-electron chi connectivity index (χ4n) is 2.95. The molecule has 120 valence electrons. The van der Waals surface area contributed by atoms with Gasteiger partial charge in [-0.25, -0.2) is 0 Å². The third-order valence-corrected chi connectivity index (χ3v) is 4.68. The van der Waals surface area contributed by atoms with Crippen molar-refractivity contribution in [3.05, 3.63) is 74.9 Å². The van der Waals surface area contributed by atoms with Crippen molar-refractivity contribution < 1.29 is 9.95 Å². The van der Waals surface area contributed by atoms with Crippen LogP contribution in [0.5, 0.6) is 0 Å². The molecule has 0 radical (unpaired) electrons. The van der Waals surface area contributed by atoms with Gasteiger partial charge in [-0.2, -0.15) is 4.74 Å². The summed E-state index contributed by atoms with van der Waals surface area (Å²) in [5.74, 6) is 0. The molecular formula is C17H16Cl2N2O2. The lowest BCUT2D eigenvalue weighted by Crippen LogP contribution is -2.44. The van der Waals surface area contributed by atoms with Crippen LogP contribution in [0.25, 0.3) is 0 Å². The number of nitrogens with zero attached hydrogens (tertiary/aromatic N) is 2. The van der Waals surface area contributed by atoms with Crippen LogP contribution in [0.3, 0.4) is 0 Å². The van der Waals surface area contributed by atoms with Crippen LogP contribution in [0.1, 0.15) is 31.1 Å². The van der Waals surface area contributed by atoms with Crippen LogP contribution in [-0.4, -0.2) is 26.3 Å². The molecule has 0 aromatic heterocycles. The Morgan fingerprint density at radius 1 is 1.13 bits per heavy atom. The SMILES string of the molecule is CC1(C)C(c2ccccc2)=[N+]([O-])C(c2ccc(Cl)cc2Cl)N1O. The molecule has 1 N–H and O–H groups in total. The minimum absolute atomic E-state index is 0.340. The molecule has 1 aliphatic rings. The van der Waals surface area contributed by atoms with Crippen LogP contribution in [0.2, 0.25) is 10.0 Å². The highest BCUT2D eigenvalue weighted by atomic mass is 35.5. The molecule has 0 bridgehead atoms. The van der Waals surface area contributed by atoms with E-state index in [-0.39, 0.29) is 0 Å². The summed E-state index contributed by atoms with van der Waals surface area (Å²) in [4.78, 5) is 0. The van der Waals surface area contributed by atoms with E-state index >= 15 is 0 Å². The summed E-state index contributed by atoms with van der Waals surface area (Å²) in [6.07, 6.45) is -0.926. The largest absolute Gasteiger partial charge is 0.622 e. The molecule has 2 aromatic rings. The van der Waals surface area contributed by atoms with E-state index in [0.717, 1.165) is 15.4 Å². The Bertz CT molecular complexity index is 775. The molecule has 1 heterocycles. The van der Waals surface area contributed by atoms with E-state index in [1.165, 1.54) is 0 Å². The van der Waals surface area contributed by atoms with Crippen molar-refractivity contribution >= 4 is 28.9 Å². The van der Waals surface area contributed by atoms with Crippen LogP contribution in [0.4, 0.5) is 0 Å². The molecule has 0 fully saturated rings. The quantitative estimate of drug-likeness (QED) is 0.641. The monoisotopic (exact) mass is 350 g/mol. The van der Waals surface area contributed by atoms with Crippen molar-refractivity contribution in [3.8, 4) is 0 Å². The first kappa shape index (κ1) is 16.3. The first-order valence-corrected chi connectivity index (χ1v) is 7.92. The number of rotatable bonds is 2. The van der Waals surface area contributed by atoms with Crippen LogP contribution in [-0.2, 0) is 0 Å². The molecule has 0 saturated carbocycles. The third-order valence-electron chi connectivity index (χ3n) is 4.11. The Morgan fingerprint density at radius 2 is 1.78 bits per heavy atom. The van der Waals surface area contributed by atoms with Gasteiger partial charge < -0.3 is 10.4 Å². The van der Waals surface area contributed by atoms with Gasteiger partial charge in [0.05, 0.1) is 10.6 Å². The minimum atomic E-state index is -0.926. The van der Waals surface area contributed by atoms with Crippen molar-refractivity contribution in [1.29, 1.82) is 0 Å². The van der Waals surface area contributed by atoms with Crippen LogP contribution in [0.15, 0.2) is 48.5 Å². The van der Waals surface area contributed by atoms with Crippen LogP contribution < -0.4 is 0 Å². The lowest BCUT2D eigenvalue weighted by molar-refractivity contribution is -0.544. The number of hydrogen-bond acceptors (Lipinski definition) is 3. The van der Waals surface area contributed by atoms with Gasteiger partial charge in [0.25, 0.3) is 6.17 Å². The summed E-state index contributed by atoms with van der Waals surface area (Å²) < 4.78 is 0.810. The van der Waals surface area contributed by atoms with E-state index in [0.29, 0.717) is 21.3 Å². The fraction of sp³-hybridized carbons (Fsp3) is 0.235. The van der Waals surface area contributed by atoms with Gasteiger partial charge in [-0.1, -0.05) is 41.4 Å². The molecule has 0 aliphatic carbocycles. The Morgan fingerprint density at radius 3 is 2.39 bits per heavy atom. The van der Waals surface area contributed by atoms with Crippen molar-refractivity contribution in [2.75, 3.05) is 0 Å². The summed E-state index contributed by atoms with van der Waals surface area (Å²) >= 11 is 12.1. The van der Waals surface area contributed by atoms with E-state index in [2.05, 4.69) is 0 Å². The standard InChI is InChI=1S/C17H16Cl2N2O2/c1-17(2)15(11-6-4-3-5-7-11)20(22)16(21(17)23)13-9-8-12(18)10-14(13)19/h3-10,16,23H,1-2H3. The van der Waals surface area contributed by atoms with Gasteiger partial charge in [0, 0.05) is 10.6 Å². The predicted molar refractivity (Wildman–Crippen MR) is 91.1 cm³/mol. The average Bonchev–Trinajstić information content (AvgIpc) is 2.67. The fourth-order valence-corrected chi connectivity index (χ4v) is 3.46. The maximum absolute atomic E-state index is 13.0. The van der Waals surface area contributed by atoms with Gasteiger partial charge in [-0.05, 0) is 44.2 Å². The van der Waals surface area contributed by atoms with Crippen LogP contribution in [0, 0.1) is 5.21 Å². The van der Waals surface area contributed by atoms with Crippen LogP contribution >= 0.6 is 23.2 Å². The molecule has 0 spiro atoms. The number of benzene rings is 2. The molecule has 6 heteroatoms. The van der Waals surface area contributed by atoms with Crippen molar-refractivity contribution in [2.45, 2.75) is 25.6 Å². The predicted octanol–water partition coefficient (Wildman–Crippen LogP) is 4.48.